The molecule has 0 aliphatic carbocycles. The number of benzene rings is 2. The van der Waals surface area contributed by atoms with E-state index in [-0.39, 0.29) is 12.0 Å². The molecule has 0 spiro atoms. The Balaban J connectivity index is 2.42. The van der Waals surface area contributed by atoms with Crippen LogP contribution in [0.3, 0.4) is 0 Å². The Morgan fingerprint density at radius 1 is 1.10 bits per heavy atom. The van der Waals surface area contributed by atoms with E-state index in [9.17, 15) is 18.7 Å². The zero-order chi connectivity index (χ0) is 14.7. The highest BCUT2D eigenvalue weighted by Gasteiger charge is 2.24. The molecule has 1 N–H and O–H groups in total. The summed E-state index contributed by atoms with van der Waals surface area (Å²) in [5, 5.41) is 9.35. The third-order valence-electron chi connectivity index (χ3n) is 3.33. The van der Waals surface area contributed by atoms with E-state index in [1.54, 1.807) is 31.2 Å². The lowest BCUT2D eigenvalue weighted by molar-refractivity contribution is -0.138. The minimum absolute atomic E-state index is 0.192. The van der Waals surface area contributed by atoms with Crippen LogP contribution in [-0.2, 0) is 11.2 Å². The molecule has 0 aromatic heterocycles. The van der Waals surface area contributed by atoms with Gasteiger partial charge in [0.2, 0.25) is 0 Å². The molecule has 4 heteroatoms. The average Bonchev–Trinajstić information content (AvgIpc) is 2.39. The van der Waals surface area contributed by atoms with Gasteiger partial charge in [-0.05, 0) is 36.6 Å². The fourth-order valence-electron chi connectivity index (χ4n) is 2.24. The Labute approximate surface area is 115 Å². The molecule has 2 aromatic carbocycles. The molecule has 1 unspecified atom stereocenters. The van der Waals surface area contributed by atoms with Crippen molar-refractivity contribution < 1.29 is 18.7 Å². The summed E-state index contributed by atoms with van der Waals surface area (Å²) in [5.41, 5.74) is 1.17. The maximum absolute atomic E-state index is 13.7. The molecule has 0 aliphatic rings. The molecule has 104 valence electrons. The van der Waals surface area contributed by atoms with Gasteiger partial charge in [0, 0.05) is 5.56 Å². The largest absolute Gasteiger partial charge is 0.481 e. The van der Waals surface area contributed by atoms with Crippen LogP contribution < -0.4 is 0 Å². The van der Waals surface area contributed by atoms with E-state index >= 15 is 0 Å². The quantitative estimate of drug-likeness (QED) is 0.924. The summed E-state index contributed by atoms with van der Waals surface area (Å²) in [4.78, 5) is 11.4. The van der Waals surface area contributed by atoms with E-state index in [2.05, 4.69) is 0 Å². The molecule has 2 nitrogen and oxygen atoms in total. The summed E-state index contributed by atoms with van der Waals surface area (Å²) < 4.78 is 27.3. The molecular formula is C16H14F2O2. The van der Waals surface area contributed by atoms with Gasteiger partial charge in [0.15, 0.2) is 0 Å². The van der Waals surface area contributed by atoms with Crippen molar-refractivity contribution in [3.63, 3.8) is 0 Å². The highest BCUT2D eigenvalue weighted by molar-refractivity contribution is 5.77. The Morgan fingerprint density at radius 3 is 2.25 bits per heavy atom. The van der Waals surface area contributed by atoms with Crippen LogP contribution >= 0.6 is 0 Å². The molecule has 0 fully saturated rings. The van der Waals surface area contributed by atoms with Crippen molar-refractivity contribution in [1.29, 1.82) is 0 Å². The van der Waals surface area contributed by atoms with Crippen molar-refractivity contribution in [3.8, 4) is 0 Å². The average molecular weight is 276 g/mol. The van der Waals surface area contributed by atoms with Crippen LogP contribution in [0.25, 0.3) is 0 Å². The summed E-state index contributed by atoms with van der Waals surface area (Å²) in [5.74, 6) is -3.50. The van der Waals surface area contributed by atoms with Gasteiger partial charge in [0.05, 0.1) is 5.92 Å². The Kier molecular flexibility index (Phi) is 4.13. The molecule has 0 aliphatic heterocycles. The standard InChI is InChI=1S/C16H14F2O2/c1-10-5-2-3-6-11(10)12(16(19)20)9-13-14(17)7-4-8-15(13)18/h2-8,12H,9H2,1H3,(H,19,20). The van der Waals surface area contributed by atoms with Crippen molar-refractivity contribution in [2.24, 2.45) is 0 Å². The van der Waals surface area contributed by atoms with Crippen molar-refractivity contribution in [3.05, 3.63) is 70.8 Å². The Morgan fingerprint density at radius 2 is 1.70 bits per heavy atom. The van der Waals surface area contributed by atoms with E-state index < -0.39 is 23.5 Å². The van der Waals surface area contributed by atoms with E-state index in [0.29, 0.717) is 5.56 Å². The van der Waals surface area contributed by atoms with Crippen LogP contribution in [0.5, 0.6) is 0 Å². The molecule has 1 atom stereocenters. The highest BCUT2D eigenvalue weighted by Crippen LogP contribution is 2.26. The van der Waals surface area contributed by atoms with Crippen LogP contribution in [0, 0.1) is 18.6 Å². The van der Waals surface area contributed by atoms with Gasteiger partial charge in [0.1, 0.15) is 11.6 Å². The normalized spacial score (nSPS) is 12.2. The lowest BCUT2D eigenvalue weighted by Gasteiger charge is -2.16. The van der Waals surface area contributed by atoms with Crippen LogP contribution in [-0.4, -0.2) is 11.1 Å². The third-order valence-corrected chi connectivity index (χ3v) is 3.33. The fourth-order valence-corrected chi connectivity index (χ4v) is 2.24. The first-order valence-electron chi connectivity index (χ1n) is 6.22. The zero-order valence-corrected chi connectivity index (χ0v) is 10.9. The minimum atomic E-state index is -1.10. The molecule has 20 heavy (non-hydrogen) atoms. The second-order valence-electron chi connectivity index (χ2n) is 4.65. The van der Waals surface area contributed by atoms with Gasteiger partial charge in [-0.1, -0.05) is 30.3 Å². The molecule has 0 amide bonds. The van der Waals surface area contributed by atoms with Gasteiger partial charge in [-0.15, -0.1) is 0 Å². The first kappa shape index (κ1) is 14.2. The summed E-state index contributed by atoms with van der Waals surface area (Å²) in [6.07, 6.45) is -0.210. The molecule has 0 heterocycles. The summed E-state index contributed by atoms with van der Waals surface area (Å²) in [6.45, 7) is 1.78. The van der Waals surface area contributed by atoms with Gasteiger partial charge in [0.25, 0.3) is 0 Å². The van der Waals surface area contributed by atoms with Crippen LogP contribution in [0.1, 0.15) is 22.6 Å². The van der Waals surface area contributed by atoms with E-state index in [0.717, 1.165) is 17.7 Å². The number of aliphatic carboxylic acids is 1. The van der Waals surface area contributed by atoms with Crippen molar-refractivity contribution in [2.75, 3.05) is 0 Å². The van der Waals surface area contributed by atoms with Gasteiger partial charge < -0.3 is 5.11 Å². The lowest BCUT2D eigenvalue weighted by atomic mass is 9.89. The number of hydrogen-bond donors (Lipinski definition) is 1. The third kappa shape index (κ3) is 2.85. The summed E-state index contributed by atoms with van der Waals surface area (Å²) in [7, 11) is 0. The van der Waals surface area contributed by atoms with Gasteiger partial charge in [-0.3, -0.25) is 4.79 Å². The number of halogens is 2. The van der Waals surface area contributed by atoms with Crippen molar-refractivity contribution in [2.45, 2.75) is 19.3 Å². The van der Waals surface area contributed by atoms with Crippen LogP contribution in [0.4, 0.5) is 8.78 Å². The monoisotopic (exact) mass is 276 g/mol. The SMILES string of the molecule is Cc1ccccc1C(Cc1c(F)cccc1F)C(=O)O. The Bertz CT molecular complexity index is 618. The van der Waals surface area contributed by atoms with E-state index in [1.807, 2.05) is 0 Å². The predicted molar refractivity (Wildman–Crippen MR) is 71.6 cm³/mol. The first-order valence-corrected chi connectivity index (χ1v) is 6.22. The maximum atomic E-state index is 13.7. The van der Waals surface area contributed by atoms with Gasteiger partial charge in [-0.25, -0.2) is 8.78 Å². The predicted octanol–water partition coefficient (Wildman–Crippen LogP) is 3.68. The second-order valence-corrected chi connectivity index (χ2v) is 4.65. The molecule has 2 rings (SSSR count). The summed E-state index contributed by atoms with van der Waals surface area (Å²) >= 11 is 0. The molecule has 0 saturated carbocycles. The molecule has 2 aromatic rings. The number of carboxylic acids is 1. The van der Waals surface area contributed by atoms with Crippen LogP contribution in [0.2, 0.25) is 0 Å². The van der Waals surface area contributed by atoms with E-state index in [1.165, 1.54) is 6.07 Å². The topological polar surface area (TPSA) is 37.3 Å². The number of aryl methyl sites for hydroxylation is 1. The fraction of sp³-hybridized carbons (Fsp3) is 0.188. The van der Waals surface area contributed by atoms with Gasteiger partial charge >= 0.3 is 5.97 Å². The smallest absolute Gasteiger partial charge is 0.311 e. The van der Waals surface area contributed by atoms with Crippen molar-refractivity contribution in [1.82, 2.24) is 0 Å². The number of hydrogen-bond acceptors (Lipinski definition) is 1. The number of carboxylic acid groups (broad SMARTS) is 1. The summed E-state index contributed by atoms with van der Waals surface area (Å²) in [6, 6.07) is 10.5. The zero-order valence-electron chi connectivity index (χ0n) is 10.9. The first-order chi connectivity index (χ1) is 9.50. The second kappa shape index (κ2) is 5.82. The molecular weight excluding hydrogens is 262 g/mol. The number of rotatable bonds is 4. The lowest BCUT2D eigenvalue weighted by Crippen LogP contribution is -2.17. The van der Waals surface area contributed by atoms with Crippen LogP contribution in [0.15, 0.2) is 42.5 Å². The Hall–Kier alpha value is -2.23. The van der Waals surface area contributed by atoms with E-state index in [4.69, 9.17) is 0 Å². The number of carbonyl (C=O) groups is 1. The van der Waals surface area contributed by atoms with Crippen molar-refractivity contribution >= 4 is 5.97 Å². The minimum Gasteiger partial charge on any atom is -0.481 e. The maximum Gasteiger partial charge on any atom is 0.311 e. The highest BCUT2D eigenvalue weighted by atomic mass is 19.1. The van der Waals surface area contributed by atoms with Gasteiger partial charge in [-0.2, -0.15) is 0 Å². The molecule has 0 radical (unpaired) electrons. The molecule has 0 saturated heterocycles. The molecule has 0 bridgehead atoms.